The van der Waals surface area contributed by atoms with E-state index < -0.39 is 5.54 Å². The molecule has 0 aromatic rings. The molecule has 0 radical (unpaired) electrons. The second-order valence-electron chi connectivity index (χ2n) is 2.92. The molecule has 52 valence electrons. The average Bonchev–Trinajstić information content (AvgIpc) is 2.44. The van der Waals surface area contributed by atoms with Crippen LogP contribution in [0, 0.1) is 16.0 Å². The van der Waals surface area contributed by atoms with E-state index >= 15 is 0 Å². The number of nitrogens with zero attached hydrogens (tertiary/aromatic N) is 1. The van der Waals surface area contributed by atoms with Crippen molar-refractivity contribution in [2.45, 2.75) is 32.2 Å². The van der Waals surface area contributed by atoms with E-state index in [9.17, 15) is 10.1 Å². The predicted octanol–water partition coefficient (Wildman–Crippen LogP) is 1.45. The summed E-state index contributed by atoms with van der Waals surface area (Å²) >= 11 is 0. The highest BCUT2D eigenvalue weighted by atomic mass is 16.6. The van der Waals surface area contributed by atoms with Gasteiger partial charge < -0.3 is 0 Å². The van der Waals surface area contributed by atoms with Gasteiger partial charge in [-0.3, -0.25) is 10.1 Å². The first-order valence-electron chi connectivity index (χ1n) is 3.25. The minimum Gasteiger partial charge on any atom is -0.264 e. The molecule has 1 saturated carbocycles. The Kier molecular flexibility index (Phi) is 1.22. The summed E-state index contributed by atoms with van der Waals surface area (Å²) in [7, 11) is 0. The number of nitro groups is 1. The highest BCUT2D eigenvalue weighted by Gasteiger charge is 2.60. The van der Waals surface area contributed by atoms with Gasteiger partial charge in [0, 0.05) is 24.2 Å². The van der Waals surface area contributed by atoms with Crippen molar-refractivity contribution >= 4 is 0 Å². The van der Waals surface area contributed by atoms with Crippen molar-refractivity contribution in [3.05, 3.63) is 10.1 Å². The molecule has 1 aliphatic rings. The van der Waals surface area contributed by atoms with Gasteiger partial charge in [-0.1, -0.05) is 6.92 Å². The molecule has 0 bridgehead atoms. The van der Waals surface area contributed by atoms with E-state index in [1.165, 1.54) is 0 Å². The fourth-order valence-electron chi connectivity index (χ4n) is 1.25. The van der Waals surface area contributed by atoms with Gasteiger partial charge in [0.2, 0.25) is 5.54 Å². The van der Waals surface area contributed by atoms with Gasteiger partial charge in [-0.25, -0.2) is 0 Å². The average molecular weight is 129 g/mol. The second-order valence-corrected chi connectivity index (χ2v) is 2.92. The summed E-state index contributed by atoms with van der Waals surface area (Å²) in [6, 6.07) is 0. The minimum atomic E-state index is -0.561. The molecule has 0 aromatic heterocycles. The Balaban J connectivity index is 2.52. The van der Waals surface area contributed by atoms with Gasteiger partial charge in [-0.2, -0.15) is 0 Å². The van der Waals surface area contributed by atoms with E-state index in [-0.39, 0.29) is 4.92 Å². The maximum atomic E-state index is 10.3. The first kappa shape index (κ1) is 6.52. The zero-order chi connectivity index (χ0) is 7.07. The normalized spacial score (nSPS) is 40.4. The van der Waals surface area contributed by atoms with Crippen LogP contribution in [-0.4, -0.2) is 10.5 Å². The summed E-state index contributed by atoms with van der Waals surface area (Å²) < 4.78 is 0. The number of hydrogen-bond acceptors (Lipinski definition) is 2. The third kappa shape index (κ3) is 0.802. The van der Waals surface area contributed by atoms with E-state index in [4.69, 9.17) is 0 Å². The molecule has 0 aromatic carbocycles. The largest absolute Gasteiger partial charge is 0.264 e. The molecule has 0 heterocycles. The third-order valence-electron chi connectivity index (χ3n) is 2.29. The molecule has 3 heteroatoms. The van der Waals surface area contributed by atoms with Crippen LogP contribution < -0.4 is 0 Å². The maximum absolute atomic E-state index is 10.3. The SMILES string of the molecule is CCC1CC1(C)[N+](=O)[O-]. The van der Waals surface area contributed by atoms with Crippen LogP contribution in [0.25, 0.3) is 0 Å². The van der Waals surface area contributed by atoms with E-state index in [1.807, 2.05) is 6.92 Å². The summed E-state index contributed by atoms with van der Waals surface area (Å²) in [5.74, 6) is 0.340. The lowest BCUT2D eigenvalue weighted by Crippen LogP contribution is -2.18. The van der Waals surface area contributed by atoms with Gasteiger partial charge in [0.25, 0.3) is 0 Å². The second kappa shape index (κ2) is 1.69. The van der Waals surface area contributed by atoms with Crippen LogP contribution in [0.4, 0.5) is 0 Å². The van der Waals surface area contributed by atoms with Crippen LogP contribution in [0.2, 0.25) is 0 Å². The molecule has 0 amide bonds. The van der Waals surface area contributed by atoms with Gasteiger partial charge in [0.15, 0.2) is 0 Å². The van der Waals surface area contributed by atoms with Gasteiger partial charge in [0.1, 0.15) is 0 Å². The molecular formula is C6H11NO2. The van der Waals surface area contributed by atoms with Gasteiger partial charge in [-0.15, -0.1) is 0 Å². The van der Waals surface area contributed by atoms with Gasteiger partial charge in [-0.05, 0) is 6.42 Å². The van der Waals surface area contributed by atoms with Crippen LogP contribution in [-0.2, 0) is 0 Å². The Morgan fingerprint density at radius 1 is 1.89 bits per heavy atom. The summed E-state index contributed by atoms with van der Waals surface area (Å²) in [6.07, 6.45) is 1.72. The van der Waals surface area contributed by atoms with Crippen molar-refractivity contribution in [1.29, 1.82) is 0 Å². The van der Waals surface area contributed by atoms with Crippen molar-refractivity contribution in [2.24, 2.45) is 5.92 Å². The van der Waals surface area contributed by atoms with E-state index in [0.717, 1.165) is 12.8 Å². The molecule has 0 aliphatic heterocycles. The standard InChI is InChI=1S/C6H11NO2/c1-3-5-4-6(5,2)7(8)9/h5H,3-4H2,1-2H3. The molecule has 0 saturated heterocycles. The molecule has 0 spiro atoms. The molecule has 9 heavy (non-hydrogen) atoms. The smallest absolute Gasteiger partial charge is 0.223 e. The highest BCUT2D eigenvalue weighted by molar-refractivity contribution is 4.99. The predicted molar refractivity (Wildman–Crippen MR) is 33.8 cm³/mol. The van der Waals surface area contributed by atoms with Crippen LogP contribution in [0.3, 0.4) is 0 Å². The van der Waals surface area contributed by atoms with Crippen molar-refractivity contribution < 1.29 is 4.92 Å². The quantitative estimate of drug-likeness (QED) is 0.418. The van der Waals surface area contributed by atoms with Crippen LogP contribution in [0.5, 0.6) is 0 Å². The van der Waals surface area contributed by atoms with Gasteiger partial charge in [0.05, 0.1) is 0 Å². The van der Waals surface area contributed by atoms with E-state index in [0.29, 0.717) is 5.92 Å². The number of hydrogen-bond donors (Lipinski definition) is 0. The first-order valence-corrected chi connectivity index (χ1v) is 3.25. The Morgan fingerprint density at radius 2 is 2.44 bits per heavy atom. The molecule has 1 aliphatic carbocycles. The zero-order valence-corrected chi connectivity index (χ0v) is 5.76. The van der Waals surface area contributed by atoms with E-state index in [2.05, 4.69) is 0 Å². The first-order chi connectivity index (χ1) is 4.11. The van der Waals surface area contributed by atoms with Crippen molar-refractivity contribution in [1.82, 2.24) is 0 Å². The molecule has 1 fully saturated rings. The topological polar surface area (TPSA) is 43.1 Å². The van der Waals surface area contributed by atoms with Crippen molar-refractivity contribution in [2.75, 3.05) is 0 Å². The Labute approximate surface area is 54.2 Å². The summed E-state index contributed by atoms with van der Waals surface area (Å²) in [6.45, 7) is 3.72. The monoisotopic (exact) mass is 129 g/mol. The Hall–Kier alpha value is -0.600. The van der Waals surface area contributed by atoms with Crippen LogP contribution >= 0.6 is 0 Å². The van der Waals surface area contributed by atoms with E-state index in [1.54, 1.807) is 6.92 Å². The highest BCUT2D eigenvalue weighted by Crippen LogP contribution is 2.47. The van der Waals surface area contributed by atoms with Crippen LogP contribution in [0.15, 0.2) is 0 Å². The lowest BCUT2D eigenvalue weighted by atomic mass is 10.2. The Morgan fingerprint density at radius 3 is 2.56 bits per heavy atom. The fourth-order valence-corrected chi connectivity index (χ4v) is 1.25. The summed E-state index contributed by atoms with van der Waals surface area (Å²) in [5, 5.41) is 10.3. The fraction of sp³-hybridized carbons (Fsp3) is 1.00. The zero-order valence-electron chi connectivity index (χ0n) is 5.76. The lowest BCUT2D eigenvalue weighted by Gasteiger charge is -1.98. The third-order valence-corrected chi connectivity index (χ3v) is 2.29. The van der Waals surface area contributed by atoms with Gasteiger partial charge >= 0.3 is 0 Å². The molecule has 2 unspecified atom stereocenters. The molecule has 2 atom stereocenters. The maximum Gasteiger partial charge on any atom is 0.223 e. The lowest BCUT2D eigenvalue weighted by molar-refractivity contribution is -0.537. The molecular weight excluding hydrogens is 118 g/mol. The minimum absolute atomic E-state index is 0.152. The van der Waals surface area contributed by atoms with Crippen molar-refractivity contribution in [3.63, 3.8) is 0 Å². The van der Waals surface area contributed by atoms with Crippen LogP contribution in [0.1, 0.15) is 26.7 Å². The summed E-state index contributed by atoms with van der Waals surface area (Å²) in [5.41, 5.74) is -0.561. The number of rotatable bonds is 2. The Bertz CT molecular complexity index is 146. The molecule has 3 nitrogen and oxygen atoms in total. The molecule has 1 rings (SSSR count). The van der Waals surface area contributed by atoms with Crippen molar-refractivity contribution in [3.8, 4) is 0 Å². The molecule has 0 N–H and O–H groups in total. The summed E-state index contributed by atoms with van der Waals surface area (Å²) in [4.78, 5) is 10.1.